The number of ether oxygens (including phenoxy) is 1. The van der Waals surface area contributed by atoms with Crippen LogP contribution < -0.4 is 10.2 Å². The molecule has 1 unspecified atom stereocenters. The van der Waals surface area contributed by atoms with E-state index in [4.69, 9.17) is 4.74 Å². The van der Waals surface area contributed by atoms with Crippen LogP contribution in [0.1, 0.15) is 15.9 Å². The second-order valence-corrected chi connectivity index (χ2v) is 7.08. The molecule has 0 radical (unpaired) electrons. The number of anilines is 2. The fourth-order valence-corrected chi connectivity index (χ4v) is 3.52. The van der Waals surface area contributed by atoms with Gasteiger partial charge in [-0.1, -0.05) is 18.2 Å². The maximum absolute atomic E-state index is 12.5. The molecule has 2 aliphatic rings. The first kappa shape index (κ1) is 17.5. The van der Waals surface area contributed by atoms with Gasteiger partial charge in [0.05, 0.1) is 5.56 Å². The Morgan fingerprint density at radius 3 is 2.48 bits per heavy atom. The zero-order chi connectivity index (χ0) is 18.8. The highest BCUT2D eigenvalue weighted by Crippen LogP contribution is 2.23. The molecule has 1 amide bonds. The Hall–Kier alpha value is -2.86. The van der Waals surface area contributed by atoms with E-state index in [0.29, 0.717) is 17.7 Å². The van der Waals surface area contributed by atoms with Crippen LogP contribution in [0.3, 0.4) is 0 Å². The molecule has 0 aliphatic carbocycles. The Labute approximate surface area is 158 Å². The topological polar surface area (TPSA) is 61.9 Å². The van der Waals surface area contributed by atoms with Gasteiger partial charge in [-0.05, 0) is 42.9 Å². The van der Waals surface area contributed by atoms with Gasteiger partial charge in [-0.25, -0.2) is 4.79 Å². The van der Waals surface area contributed by atoms with E-state index in [-0.39, 0.29) is 5.91 Å². The highest BCUT2D eigenvalue weighted by molar-refractivity contribution is 6.00. The molecule has 4 rings (SSSR count). The number of amides is 1. The first-order valence-electron chi connectivity index (χ1n) is 9.23. The fraction of sp³-hybridized carbons (Fsp3) is 0.333. The van der Waals surface area contributed by atoms with E-state index in [0.717, 1.165) is 37.4 Å². The van der Waals surface area contributed by atoms with E-state index in [1.54, 1.807) is 12.1 Å². The van der Waals surface area contributed by atoms with Crippen LogP contribution >= 0.6 is 0 Å². The fourth-order valence-electron chi connectivity index (χ4n) is 3.52. The minimum absolute atomic E-state index is 0.301. The number of carbonyl (C=O) groups excluding carboxylic acids is 2. The monoisotopic (exact) mass is 365 g/mol. The lowest BCUT2D eigenvalue weighted by atomic mass is 9.98. The smallest absolute Gasteiger partial charge is 0.339 e. The third kappa shape index (κ3) is 3.80. The Morgan fingerprint density at radius 2 is 1.74 bits per heavy atom. The number of cyclic esters (lactones) is 1. The SMILES string of the molecule is CN1CCN(c2ccc(NC(=O)C3Cc4ccccc4C(=O)O3)cc2)CC1. The molecule has 0 saturated carbocycles. The summed E-state index contributed by atoms with van der Waals surface area (Å²) in [6.07, 6.45) is -0.405. The average molecular weight is 365 g/mol. The van der Waals surface area contributed by atoms with Crippen LogP contribution in [-0.2, 0) is 16.0 Å². The van der Waals surface area contributed by atoms with Gasteiger partial charge in [0.1, 0.15) is 0 Å². The van der Waals surface area contributed by atoms with Crippen molar-refractivity contribution in [2.45, 2.75) is 12.5 Å². The van der Waals surface area contributed by atoms with Gasteiger partial charge in [-0.3, -0.25) is 4.79 Å². The van der Waals surface area contributed by atoms with Gasteiger partial charge in [0.2, 0.25) is 0 Å². The third-order valence-corrected chi connectivity index (χ3v) is 5.19. The zero-order valence-corrected chi connectivity index (χ0v) is 15.4. The van der Waals surface area contributed by atoms with E-state index in [2.05, 4.69) is 22.2 Å². The number of nitrogens with zero attached hydrogens (tertiary/aromatic N) is 2. The standard InChI is InChI=1S/C21H23N3O3/c1-23-10-12-24(13-11-23)17-8-6-16(7-9-17)22-20(25)19-14-15-4-2-3-5-18(15)21(26)27-19/h2-9,19H,10-14H2,1H3,(H,22,25). The Kier molecular flexibility index (Phi) is 4.81. The van der Waals surface area contributed by atoms with E-state index < -0.39 is 12.1 Å². The van der Waals surface area contributed by atoms with E-state index >= 15 is 0 Å². The molecule has 1 atom stereocenters. The van der Waals surface area contributed by atoms with Crippen molar-refractivity contribution in [2.24, 2.45) is 0 Å². The molecule has 0 aromatic heterocycles. The summed E-state index contributed by atoms with van der Waals surface area (Å²) >= 11 is 0. The molecule has 0 spiro atoms. The van der Waals surface area contributed by atoms with Crippen LogP contribution in [0.2, 0.25) is 0 Å². The maximum Gasteiger partial charge on any atom is 0.339 e. The number of nitrogens with one attached hydrogen (secondary N) is 1. The molecule has 1 saturated heterocycles. The molecule has 0 bridgehead atoms. The lowest BCUT2D eigenvalue weighted by molar-refractivity contribution is -0.125. The molecule has 2 aromatic carbocycles. The summed E-state index contributed by atoms with van der Waals surface area (Å²) < 4.78 is 5.31. The van der Waals surface area contributed by atoms with Crippen molar-refractivity contribution < 1.29 is 14.3 Å². The summed E-state index contributed by atoms with van der Waals surface area (Å²) in [5.41, 5.74) is 3.24. The quantitative estimate of drug-likeness (QED) is 0.845. The number of fused-ring (bicyclic) bond motifs is 1. The van der Waals surface area contributed by atoms with Gasteiger partial charge in [-0.15, -0.1) is 0 Å². The van der Waals surface area contributed by atoms with Crippen LogP contribution in [-0.4, -0.2) is 56.1 Å². The van der Waals surface area contributed by atoms with Gasteiger partial charge in [0.15, 0.2) is 6.10 Å². The molecule has 6 heteroatoms. The lowest BCUT2D eigenvalue weighted by Gasteiger charge is -2.34. The van der Waals surface area contributed by atoms with Gasteiger partial charge in [0.25, 0.3) is 5.91 Å². The average Bonchev–Trinajstić information content (AvgIpc) is 2.69. The first-order chi connectivity index (χ1) is 13.1. The number of benzene rings is 2. The van der Waals surface area contributed by atoms with Crippen molar-refractivity contribution in [2.75, 3.05) is 43.4 Å². The highest BCUT2D eigenvalue weighted by Gasteiger charge is 2.31. The van der Waals surface area contributed by atoms with Crippen LogP contribution in [0.5, 0.6) is 0 Å². The number of carbonyl (C=O) groups is 2. The molecule has 6 nitrogen and oxygen atoms in total. The van der Waals surface area contributed by atoms with Crippen molar-refractivity contribution in [1.29, 1.82) is 0 Å². The predicted molar refractivity (Wildman–Crippen MR) is 104 cm³/mol. The number of hydrogen-bond donors (Lipinski definition) is 1. The van der Waals surface area contributed by atoms with Crippen LogP contribution in [0.15, 0.2) is 48.5 Å². The van der Waals surface area contributed by atoms with Gasteiger partial charge in [0, 0.05) is 44.0 Å². The summed E-state index contributed by atoms with van der Waals surface area (Å²) in [6, 6.07) is 15.1. The van der Waals surface area contributed by atoms with Crippen molar-refractivity contribution in [3.8, 4) is 0 Å². The normalized spacial score (nSPS) is 20.0. The van der Waals surface area contributed by atoms with Crippen molar-refractivity contribution in [3.63, 3.8) is 0 Å². The summed E-state index contributed by atoms with van der Waals surface area (Å²) in [5, 5.41) is 2.86. The third-order valence-electron chi connectivity index (χ3n) is 5.19. The minimum Gasteiger partial charge on any atom is -0.448 e. The lowest BCUT2D eigenvalue weighted by Crippen LogP contribution is -2.44. The van der Waals surface area contributed by atoms with Crippen LogP contribution in [0.4, 0.5) is 11.4 Å². The van der Waals surface area contributed by atoms with Crippen molar-refractivity contribution in [1.82, 2.24) is 4.90 Å². The Bertz CT molecular complexity index is 842. The molecular formula is C21H23N3O3. The molecular weight excluding hydrogens is 342 g/mol. The molecule has 1 fully saturated rings. The number of piperazine rings is 1. The number of rotatable bonds is 3. The molecule has 2 aliphatic heterocycles. The Balaban J connectivity index is 1.39. The summed E-state index contributed by atoms with van der Waals surface area (Å²) in [5.74, 6) is -0.743. The molecule has 2 aromatic rings. The molecule has 1 N–H and O–H groups in total. The van der Waals surface area contributed by atoms with Crippen LogP contribution in [0.25, 0.3) is 0 Å². The second kappa shape index (κ2) is 7.40. The van der Waals surface area contributed by atoms with Crippen molar-refractivity contribution in [3.05, 3.63) is 59.7 Å². The zero-order valence-electron chi connectivity index (χ0n) is 15.4. The summed E-state index contributed by atoms with van der Waals surface area (Å²) in [7, 11) is 2.13. The van der Waals surface area contributed by atoms with Crippen LogP contribution in [0, 0.1) is 0 Å². The van der Waals surface area contributed by atoms with E-state index in [1.807, 2.05) is 36.4 Å². The van der Waals surface area contributed by atoms with Gasteiger partial charge in [-0.2, -0.15) is 0 Å². The van der Waals surface area contributed by atoms with Crippen molar-refractivity contribution >= 4 is 23.3 Å². The van der Waals surface area contributed by atoms with E-state index in [1.165, 1.54) is 0 Å². The van der Waals surface area contributed by atoms with Gasteiger partial charge >= 0.3 is 5.97 Å². The molecule has 27 heavy (non-hydrogen) atoms. The minimum atomic E-state index is -0.801. The maximum atomic E-state index is 12.5. The largest absolute Gasteiger partial charge is 0.448 e. The van der Waals surface area contributed by atoms with E-state index in [9.17, 15) is 9.59 Å². The Morgan fingerprint density at radius 1 is 1.04 bits per heavy atom. The highest BCUT2D eigenvalue weighted by atomic mass is 16.5. The molecule has 2 heterocycles. The summed E-state index contributed by atoms with van der Waals surface area (Å²) in [6.45, 7) is 4.10. The first-order valence-corrected chi connectivity index (χ1v) is 9.23. The summed E-state index contributed by atoms with van der Waals surface area (Å²) in [4.78, 5) is 29.3. The number of likely N-dealkylation sites (N-methyl/N-ethyl adjacent to an activating group) is 1. The molecule has 140 valence electrons. The van der Waals surface area contributed by atoms with Gasteiger partial charge < -0.3 is 19.9 Å². The number of hydrogen-bond acceptors (Lipinski definition) is 5. The predicted octanol–water partition coefficient (Wildman–Crippen LogP) is 2.16. The number of esters is 1. The second-order valence-electron chi connectivity index (χ2n) is 7.08.